The second-order valence-electron chi connectivity index (χ2n) is 7.51. The molecule has 7 heteroatoms. The van der Waals surface area contributed by atoms with Crippen LogP contribution >= 0.6 is 0 Å². The van der Waals surface area contributed by atoms with Gasteiger partial charge in [0.2, 0.25) is 0 Å². The van der Waals surface area contributed by atoms with Crippen LogP contribution in [0.15, 0.2) is 40.9 Å². The van der Waals surface area contributed by atoms with Gasteiger partial charge in [-0.3, -0.25) is 0 Å². The third-order valence-electron chi connectivity index (χ3n) is 5.06. The monoisotopic (exact) mass is 408 g/mol. The zero-order valence-corrected chi connectivity index (χ0v) is 18.2. The first kappa shape index (κ1) is 21.4. The molecule has 30 heavy (non-hydrogen) atoms. The van der Waals surface area contributed by atoms with Gasteiger partial charge in [0.1, 0.15) is 5.75 Å². The molecule has 1 N–H and O–H groups in total. The van der Waals surface area contributed by atoms with Crippen LogP contribution < -0.4 is 10.1 Å². The highest BCUT2D eigenvalue weighted by molar-refractivity contribution is 5.90. The van der Waals surface area contributed by atoms with Crippen molar-refractivity contribution in [3.05, 3.63) is 70.4 Å². The van der Waals surface area contributed by atoms with E-state index < -0.39 is 0 Å². The van der Waals surface area contributed by atoms with Crippen molar-refractivity contribution in [2.24, 2.45) is 0 Å². The minimum atomic E-state index is -0.175. The number of carbonyl (C=O) groups excluding carboxylic acids is 1. The molecule has 1 aromatic heterocycles. The molecular formula is C23H28N4O3. The number of nitrogens with one attached hydrogen (secondary N) is 1. The first-order chi connectivity index (χ1) is 14.3. The maximum absolute atomic E-state index is 12.4. The average Bonchev–Trinajstić information content (AvgIpc) is 3.16. The fraction of sp³-hybridized carbons (Fsp3) is 0.348. The van der Waals surface area contributed by atoms with Gasteiger partial charge in [0, 0.05) is 25.7 Å². The number of aromatic nitrogens is 2. The maximum Gasteiger partial charge on any atom is 0.321 e. The minimum Gasteiger partial charge on any atom is -0.483 e. The van der Waals surface area contributed by atoms with Crippen molar-refractivity contribution in [1.82, 2.24) is 15.0 Å². The molecule has 0 aliphatic carbocycles. The van der Waals surface area contributed by atoms with Gasteiger partial charge in [0.15, 0.2) is 12.4 Å². The lowest BCUT2D eigenvalue weighted by Crippen LogP contribution is -2.33. The number of anilines is 1. The zero-order chi connectivity index (χ0) is 21.7. The molecule has 0 spiro atoms. The number of likely N-dealkylation sites (N-methyl/N-ethyl adjacent to an activating group) is 1. The van der Waals surface area contributed by atoms with E-state index in [1.54, 1.807) is 11.9 Å². The highest BCUT2D eigenvalue weighted by atomic mass is 16.5. The van der Waals surface area contributed by atoms with Crippen LogP contribution in [0.25, 0.3) is 0 Å². The van der Waals surface area contributed by atoms with Crippen LogP contribution in [-0.4, -0.2) is 34.7 Å². The van der Waals surface area contributed by atoms with E-state index in [1.165, 1.54) is 5.56 Å². The Morgan fingerprint density at radius 1 is 1.13 bits per heavy atom. The Hall–Kier alpha value is -3.35. The molecule has 0 bridgehead atoms. The van der Waals surface area contributed by atoms with Gasteiger partial charge in [-0.1, -0.05) is 35.0 Å². The average molecular weight is 409 g/mol. The Labute approximate surface area is 177 Å². The summed E-state index contributed by atoms with van der Waals surface area (Å²) in [4.78, 5) is 18.4. The molecule has 0 saturated carbocycles. The molecule has 0 unspecified atom stereocenters. The number of benzene rings is 2. The Balaban J connectivity index is 1.49. The highest BCUT2D eigenvalue weighted by Crippen LogP contribution is 2.20. The van der Waals surface area contributed by atoms with Crippen molar-refractivity contribution in [3.8, 4) is 5.75 Å². The molecule has 0 atom stereocenters. The van der Waals surface area contributed by atoms with Gasteiger partial charge in [-0.05, 0) is 56.5 Å². The number of ether oxygens (including phenoxy) is 1. The topological polar surface area (TPSA) is 80.5 Å². The second kappa shape index (κ2) is 9.43. The summed E-state index contributed by atoms with van der Waals surface area (Å²) in [5, 5.41) is 6.92. The predicted octanol–water partition coefficient (Wildman–Crippen LogP) is 4.59. The van der Waals surface area contributed by atoms with Gasteiger partial charge in [0.05, 0.1) is 0 Å². The lowest BCUT2D eigenvalue weighted by Gasteiger charge is -2.18. The Bertz CT molecular complexity index is 1030. The summed E-state index contributed by atoms with van der Waals surface area (Å²) in [7, 11) is 1.74. The molecule has 2 amide bonds. The molecule has 158 valence electrons. The SMILES string of the molecule is Cc1ccc(OCc2nc(CCN(C)C(=O)Nc3cccc(C)c3C)no2)c(C)c1. The van der Waals surface area contributed by atoms with Gasteiger partial charge in [-0.15, -0.1) is 0 Å². The van der Waals surface area contributed by atoms with Crippen LogP contribution in [-0.2, 0) is 13.0 Å². The van der Waals surface area contributed by atoms with Crippen molar-refractivity contribution in [2.45, 2.75) is 40.7 Å². The fourth-order valence-corrected chi connectivity index (χ4v) is 3.02. The normalized spacial score (nSPS) is 10.7. The molecule has 2 aromatic carbocycles. The Morgan fingerprint density at radius 2 is 1.93 bits per heavy atom. The maximum atomic E-state index is 12.4. The molecular weight excluding hydrogens is 380 g/mol. The number of hydrogen-bond acceptors (Lipinski definition) is 5. The zero-order valence-electron chi connectivity index (χ0n) is 18.2. The molecule has 7 nitrogen and oxygen atoms in total. The van der Waals surface area contributed by atoms with Crippen molar-refractivity contribution in [3.63, 3.8) is 0 Å². The molecule has 3 aromatic rings. The lowest BCUT2D eigenvalue weighted by atomic mass is 10.1. The van der Waals surface area contributed by atoms with E-state index in [-0.39, 0.29) is 12.6 Å². The molecule has 0 fully saturated rings. The number of rotatable bonds is 7. The van der Waals surface area contributed by atoms with Crippen molar-refractivity contribution in [1.29, 1.82) is 0 Å². The minimum absolute atomic E-state index is 0.175. The van der Waals surface area contributed by atoms with E-state index in [0.717, 1.165) is 28.1 Å². The third kappa shape index (κ3) is 5.37. The molecule has 0 radical (unpaired) electrons. The van der Waals surface area contributed by atoms with Crippen LogP contribution in [0, 0.1) is 27.7 Å². The molecule has 0 aliphatic rings. The number of urea groups is 1. The van der Waals surface area contributed by atoms with E-state index in [2.05, 4.69) is 21.5 Å². The standard InChI is InChI=1S/C23H28N4O3/c1-15-9-10-20(17(3)13-15)29-14-22-25-21(26-30-22)11-12-27(5)23(28)24-19-8-6-7-16(2)18(19)4/h6-10,13H,11-12,14H2,1-5H3,(H,24,28). The van der Waals surface area contributed by atoms with E-state index >= 15 is 0 Å². The van der Waals surface area contributed by atoms with Crippen LogP contribution in [0.2, 0.25) is 0 Å². The van der Waals surface area contributed by atoms with E-state index in [4.69, 9.17) is 9.26 Å². The van der Waals surface area contributed by atoms with Gasteiger partial charge < -0.3 is 19.5 Å². The fourth-order valence-electron chi connectivity index (χ4n) is 3.02. The molecule has 3 rings (SSSR count). The van der Waals surface area contributed by atoms with Crippen LogP contribution in [0.3, 0.4) is 0 Å². The molecule has 1 heterocycles. The summed E-state index contributed by atoms with van der Waals surface area (Å²) in [6.07, 6.45) is 0.490. The summed E-state index contributed by atoms with van der Waals surface area (Å²) in [5.41, 5.74) is 5.26. The van der Waals surface area contributed by atoms with Gasteiger partial charge in [0.25, 0.3) is 5.89 Å². The summed E-state index contributed by atoms with van der Waals surface area (Å²) >= 11 is 0. The van der Waals surface area contributed by atoms with Crippen LogP contribution in [0.1, 0.15) is 34.0 Å². The smallest absolute Gasteiger partial charge is 0.321 e. The summed E-state index contributed by atoms with van der Waals surface area (Å²) in [6.45, 7) is 8.73. The van der Waals surface area contributed by atoms with E-state index in [0.29, 0.717) is 24.7 Å². The number of nitrogens with zero attached hydrogens (tertiary/aromatic N) is 3. The van der Waals surface area contributed by atoms with Crippen LogP contribution in [0.5, 0.6) is 5.75 Å². The highest BCUT2D eigenvalue weighted by Gasteiger charge is 2.13. The predicted molar refractivity (Wildman–Crippen MR) is 116 cm³/mol. The third-order valence-corrected chi connectivity index (χ3v) is 5.06. The lowest BCUT2D eigenvalue weighted by molar-refractivity contribution is 0.222. The number of aryl methyl sites for hydroxylation is 3. The van der Waals surface area contributed by atoms with Crippen molar-refractivity contribution < 1.29 is 14.1 Å². The molecule has 0 saturated heterocycles. The van der Waals surface area contributed by atoms with Gasteiger partial charge in [-0.25, -0.2) is 4.79 Å². The van der Waals surface area contributed by atoms with E-state index in [9.17, 15) is 4.79 Å². The second-order valence-corrected chi connectivity index (χ2v) is 7.51. The summed E-state index contributed by atoms with van der Waals surface area (Å²) in [6, 6.07) is 11.7. The summed E-state index contributed by atoms with van der Waals surface area (Å²) in [5.74, 6) is 1.75. The van der Waals surface area contributed by atoms with Crippen molar-refractivity contribution in [2.75, 3.05) is 18.9 Å². The van der Waals surface area contributed by atoms with Crippen molar-refractivity contribution >= 4 is 11.7 Å². The Kier molecular flexibility index (Phi) is 6.72. The number of hydrogen-bond donors (Lipinski definition) is 1. The van der Waals surface area contributed by atoms with Gasteiger partial charge in [-0.2, -0.15) is 4.98 Å². The van der Waals surface area contributed by atoms with Gasteiger partial charge >= 0.3 is 6.03 Å². The number of carbonyl (C=O) groups is 1. The largest absolute Gasteiger partial charge is 0.483 e. The first-order valence-corrected chi connectivity index (χ1v) is 9.93. The van der Waals surface area contributed by atoms with Crippen LogP contribution in [0.4, 0.5) is 10.5 Å². The number of amides is 2. The summed E-state index contributed by atoms with van der Waals surface area (Å²) < 4.78 is 11.0. The molecule has 0 aliphatic heterocycles. The Morgan fingerprint density at radius 3 is 2.70 bits per heavy atom. The first-order valence-electron chi connectivity index (χ1n) is 9.93. The van der Waals surface area contributed by atoms with E-state index in [1.807, 2.05) is 58.0 Å². The quantitative estimate of drug-likeness (QED) is 0.618.